The largest absolute Gasteiger partial charge is 0.444 e. The molecular weight excluding hydrogens is 595 g/mol. The molecule has 1 aromatic carbocycles. The number of carbonyl (C=O) groups excluding carboxylic acids is 3. The van der Waals surface area contributed by atoms with E-state index in [9.17, 15) is 27.6 Å². The van der Waals surface area contributed by atoms with E-state index in [4.69, 9.17) is 25.8 Å². The van der Waals surface area contributed by atoms with Gasteiger partial charge < -0.3 is 19.5 Å². The number of amides is 3. The summed E-state index contributed by atoms with van der Waals surface area (Å²) in [7, 11) is 1.40. The topological polar surface area (TPSA) is 124 Å². The Kier molecular flexibility index (Phi) is 8.78. The SMILES string of the molecule is COC[C@H](c1cc2nc([C@H](COC(C)(C)C(F)(F)F)NC(=O)OC(C)(C)C)cn2nc1Cl)N1C(=O)c2ccccc2C1=O. The van der Waals surface area contributed by atoms with E-state index in [1.165, 1.54) is 23.9 Å². The predicted molar refractivity (Wildman–Crippen MR) is 148 cm³/mol. The maximum Gasteiger partial charge on any atom is 0.416 e. The van der Waals surface area contributed by atoms with Gasteiger partial charge in [-0.15, -0.1) is 0 Å². The van der Waals surface area contributed by atoms with Crippen molar-refractivity contribution in [3.63, 3.8) is 0 Å². The number of aromatic nitrogens is 3. The fourth-order valence-corrected chi connectivity index (χ4v) is 4.57. The second-order valence-electron chi connectivity index (χ2n) is 11.4. The highest BCUT2D eigenvalue weighted by Crippen LogP contribution is 2.36. The number of hydrogen-bond donors (Lipinski definition) is 1. The van der Waals surface area contributed by atoms with E-state index in [0.717, 1.165) is 18.7 Å². The molecule has 2 atom stereocenters. The quantitative estimate of drug-likeness (QED) is 0.318. The zero-order valence-electron chi connectivity index (χ0n) is 24.3. The number of fused-ring (bicyclic) bond motifs is 2. The number of imide groups is 1. The lowest BCUT2D eigenvalue weighted by Gasteiger charge is -2.30. The first-order valence-electron chi connectivity index (χ1n) is 13.2. The molecule has 43 heavy (non-hydrogen) atoms. The highest BCUT2D eigenvalue weighted by Gasteiger charge is 2.49. The van der Waals surface area contributed by atoms with Gasteiger partial charge in [0.05, 0.1) is 48.3 Å². The van der Waals surface area contributed by atoms with Gasteiger partial charge in [-0.3, -0.25) is 14.5 Å². The highest BCUT2D eigenvalue weighted by atomic mass is 35.5. The molecule has 15 heteroatoms. The second kappa shape index (κ2) is 11.7. The van der Waals surface area contributed by atoms with Gasteiger partial charge in [0, 0.05) is 12.7 Å². The van der Waals surface area contributed by atoms with Crippen LogP contribution in [0.1, 0.15) is 78.7 Å². The van der Waals surface area contributed by atoms with Gasteiger partial charge in [-0.1, -0.05) is 23.7 Å². The van der Waals surface area contributed by atoms with Gasteiger partial charge >= 0.3 is 12.3 Å². The van der Waals surface area contributed by atoms with Crippen LogP contribution in [-0.4, -0.2) is 75.1 Å². The van der Waals surface area contributed by atoms with Crippen LogP contribution >= 0.6 is 11.6 Å². The third kappa shape index (κ3) is 6.76. The van der Waals surface area contributed by atoms with Crippen LogP contribution in [0, 0.1) is 0 Å². The van der Waals surface area contributed by atoms with Crippen LogP contribution in [-0.2, 0) is 14.2 Å². The maximum atomic E-state index is 13.5. The molecule has 232 valence electrons. The van der Waals surface area contributed by atoms with Crippen molar-refractivity contribution < 1.29 is 41.8 Å². The lowest BCUT2D eigenvalue weighted by atomic mass is 10.1. The van der Waals surface area contributed by atoms with Crippen molar-refractivity contribution in [2.45, 2.75) is 64.1 Å². The van der Waals surface area contributed by atoms with E-state index in [-0.39, 0.29) is 39.8 Å². The molecule has 0 aliphatic carbocycles. The molecule has 0 radical (unpaired) electrons. The summed E-state index contributed by atoms with van der Waals surface area (Å²) in [5.41, 5.74) is -2.45. The van der Waals surface area contributed by atoms with Gasteiger partial charge in [0.15, 0.2) is 16.4 Å². The lowest BCUT2D eigenvalue weighted by molar-refractivity contribution is -0.265. The molecule has 0 fully saturated rings. The Bertz CT molecular complexity index is 1520. The Hall–Kier alpha value is -3.75. The summed E-state index contributed by atoms with van der Waals surface area (Å²) in [6, 6.07) is 5.70. The average molecular weight is 626 g/mol. The molecule has 0 saturated heterocycles. The summed E-state index contributed by atoms with van der Waals surface area (Å²) in [5.74, 6) is -1.07. The van der Waals surface area contributed by atoms with Crippen LogP contribution in [0.15, 0.2) is 36.5 Å². The molecule has 2 aromatic heterocycles. The number of nitrogens with zero attached hydrogens (tertiary/aromatic N) is 4. The maximum absolute atomic E-state index is 13.5. The Balaban J connectivity index is 1.71. The smallest absolute Gasteiger partial charge is 0.416 e. The number of imidazole rings is 1. The minimum absolute atomic E-state index is 0.0823. The van der Waals surface area contributed by atoms with Crippen LogP contribution in [0.3, 0.4) is 0 Å². The zero-order valence-corrected chi connectivity index (χ0v) is 25.0. The van der Waals surface area contributed by atoms with Crippen LogP contribution in [0.2, 0.25) is 5.15 Å². The molecule has 0 unspecified atom stereocenters. The molecule has 1 aliphatic rings. The number of methoxy groups -OCH3 is 1. The fourth-order valence-electron chi connectivity index (χ4n) is 4.31. The van der Waals surface area contributed by atoms with Crippen molar-refractivity contribution in [2.75, 3.05) is 20.3 Å². The predicted octanol–water partition coefficient (Wildman–Crippen LogP) is 5.29. The summed E-state index contributed by atoms with van der Waals surface area (Å²) < 4.78 is 57.5. The number of benzene rings is 1. The normalized spacial score (nSPS) is 15.5. The number of carbonyl (C=O) groups is 3. The van der Waals surface area contributed by atoms with E-state index in [1.54, 1.807) is 45.0 Å². The van der Waals surface area contributed by atoms with Crippen molar-refractivity contribution in [1.29, 1.82) is 0 Å². The van der Waals surface area contributed by atoms with Crippen LogP contribution in [0.4, 0.5) is 18.0 Å². The van der Waals surface area contributed by atoms with Crippen molar-refractivity contribution in [3.8, 4) is 0 Å². The van der Waals surface area contributed by atoms with Crippen molar-refractivity contribution in [3.05, 3.63) is 64.1 Å². The molecule has 0 saturated carbocycles. The molecule has 0 bridgehead atoms. The van der Waals surface area contributed by atoms with E-state index < -0.39 is 54.0 Å². The summed E-state index contributed by atoms with van der Waals surface area (Å²) in [5, 5.41) is 6.71. The Morgan fingerprint density at radius 2 is 1.65 bits per heavy atom. The molecule has 0 spiro atoms. The third-order valence-electron chi connectivity index (χ3n) is 6.61. The monoisotopic (exact) mass is 625 g/mol. The average Bonchev–Trinajstić information content (AvgIpc) is 3.41. The van der Waals surface area contributed by atoms with Crippen LogP contribution < -0.4 is 5.32 Å². The molecule has 11 nitrogen and oxygen atoms in total. The van der Waals surface area contributed by atoms with E-state index in [1.807, 2.05) is 0 Å². The van der Waals surface area contributed by atoms with E-state index >= 15 is 0 Å². The summed E-state index contributed by atoms with van der Waals surface area (Å²) >= 11 is 6.53. The first-order chi connectivity index (χ1) is 19.9. The van der Waals surface area contributed by atoms with Crippen LogP contribution in [0.5, 0.6) is 0 Å². The molecule has 3 aromatic rings. The van der Waals surface area contributed by atoms with Crippen molar-refractivity contribution >= 4 is 35.2 Å². The molecule has 3 amide bonds. The Morgan fingerprint density at radius 3 is 2.19 bits per heavy atom. The number of rotatable bonds is 9. The van der Waals surface area contributed by atoms with E-state index in [0.29, 0.717) is 0 Å². The van der Waals surface area contributed by atoms with Gasteiger partial charge in [0.2, 0.25) is 0 Å². The number of nitrogens with one attached hydrogen (secondary N) is 1. The number of halogens is 4. The van der Waals surface area contributed by atoms with Gasteiger partial charge in [0.25, 0.3) is 11.8 Å². The molecule has 1 N–H and O–H groups in total. The van der Waals surface area contributed by atoms with Crippen LogP contribution in [0.25, 0.3) is 5.65 Å². The van der Waals surface area contributed by atoms with Gasteiger partial charge in [-0.2, -0.15) is 18.3 Å². The van der Waals surface area contributed by atoms with Gasteiger partial charge in [-0.05, 0) is 52.8 Å². The molecule has 1 aliphatic heterocycles. The summed E-state index contributed by atoms with van der Waals surface area (Å²) in [6.45, 7) is 5.90. The van der Waals surface area contributed by atoms with Crippen molar-refractivity contribution in [2.24, 2.45) is 0 Å². The Labute approximate surface area is 250 Å². The number of alkyl carbamates (subject to hydrolysis) is 1. The summed E-state index contributed by atoms with van der Waals surface area (Å²) in [6.07, 6.45) is -4.22. The summed E-state index contributed by atoms with van der Waals surface area (Å²) in [4.78, 5) is 44.5. The number of hydrogen-bond acceptors (Lipinski definition) is 8. The lowest BCUT2D eigenvalue weighted by Crippen LogP contribution is -2.44. The van der Waals surface area contributed by atoms with Crippen molar-refractivity contribution in [1.82, 2.24) is 24.8 Å². The number of ether oxygens (including phenoxy) is 3. The van der Waals surface area contributed by atoms with E-state index in [2.05, 4.69) is 15.4 Å². The number of alkyl halides is 3. The fraction of sp³-hybridized carbons (Fsp3) is 0.464. The highest BCUT2D eigenvalue weighted by molar-refractivity contribution is 6.30. The molecule has 3 heterocycles. The first kappa shape index (κ1) is 32.2. The molecular formula is C28H31ClF3N5O6. The Morgan fingerprint density at radius 1 is 1.05 bits per heavy atom. The van der Waals surface area contributed by atoms with Gasteiger partial charge in [-0.25, -0.2) is 14.3 Å². The second-order valence-corrected chi connectivity index (χ2v) is 11.7. The minimum atomic E-state index is -4.69. The molecule has 4 rings (SSSR count). The minimum Gasteiger partial charge on any atom is -0.444 e. The first-order valence-corrected chi connectivity index (χ1v) is 13.5. The third-order valence-corrected chi connectivity index (χ3v) is 6.91. The van der Waals surface area contributed by atoms with Gasteiger partial charge in [0.1, 0.15) is 5.60 Å². The zero-order chi connectivity index (χ0) is 31.9. The standard InChI is InChI=1S/C28H31ClF3N5O6/c1-26(2,3)43-25(40)34-19(13-42-27(4,5)28(30,31)32)18-12-36-21(33-18)11-17(22(29)35-36)20(14-41-6)37-23(38)15-9-7-8-10-16(15)24(37)39/h7-12,19-20H,13-14H2,1-6H3,(H,34,40)/t19-,20+/m0/s1.